The average Bonchev–Trinajstić information content (AvgIpc) is 2.77. The first-order valence-corrected chi connectivity index (χ1v) is 11.5. The molecule has 2 aromatic rings. The predicted octanol–water partition coefficient (Wildman–Crippen LogP) is 3.27. The van der Waals surface area contributed by atoms with Crippen molar-refractivity contribution in [2.45, 2.75) is 12.1 Å². The molecule has 12 nitrogen and oxygen atoms in total. The van der Waals surface area contributed by atoms with Crippen molar-refractivity contribution in [1.82, 2.24) is 0 Å². The van der Waals surface area contributed by atoms with Crippen LogP contribution in [0.2, 0.25) is 0 Å². The van der Waals surface area contributed by atoms with Crippen molar-refractivity contribution in [2.75, 3.05) is 22.1 Å². The van der Waals surface area contributed by atoms with E-state index in [1.165, 1.54) is 70.1 Å². The van der Waals surface area contributed by atoms with Crippen LogP contribution >= 0.6 is 55.6 Å². The van der Waals surface area contributed by atoms with Crippen molar-refractivity contribution in [3.8, 4) is 0 Å². The van der Waals surface area contributed by atoms with Gasteiger partial charge in [0, 0.05) is 47.1 Å². The minimum absolute atomic E-state index is 0. The molecule has 2 rings (SSSR count). The zero-order valence-electron chi connectivity index (χ0n) is 17.3. The number of carbonyl (C=O) groups is 2. The Balaban J connectivity index is 0.00000544. The SMILES string of the molecule is Br.Br.NC(CSSC[C@H](N)C(=O)Nc1ccc([N+](=O)[O-])cc1)C(=O)Nc1ccc([N+](=O)[O-])cc1. The van der Waals surface area contributed by atoms with Crippen molar-refractivity contribution >= 4 is 90.1 Å². The number of rotatable bonds is 11. The van der Waals surface area contributed by atoms with Crippen LogP contribution in [0.5, 0.6) is 0 Å². The third-order valence-corrected chi connectivity index (χ3v) is 6.42. The van der Waals surface area contributed by atoms with Crippen LogP contribution < -0.4 is 22.1 Å². The van der Waals surface area contributed by atoms with Gasteiger partial charge in [-0.05, 0) is 24.3 Å². The first-order chi connectivity index (χ1) is 15.2. The highest BCUT2D eigenvalue weighted by atomic mass is 79.9. The summed E-state index contributed by atoms with van der Waals surface area (Å²) in [7, 11) is 2.54. The second-order valence-corrected chi connectivity index (χ2v) is 8.92. The fourth-order valence-corrected chi connectivity index (χ4v) is 4.44. The average molecular weight is 642 g/mol. The summed E-state index contributed by atoms with van der Waals surface area (Å²) in [4.78, 5) is 44.4. The van der Waals surface area contributed by atoms with E-state index in [9.17, 15) is 29.8 Å². The van der Waals surface area contributed by atoms with E-state index in [1.807, 2.05) is 0 Å². The monoisotopic (exact) mass is 640 g/mol. The number of hydrogen-bond donors (Lipinski definition) is 4. The number of benzene rings is 2. The van der Waals surface area contributed by atoms with Gasteiger partial charge in [0.25, 0.3) is 11.4 Å². The molecule has 1 unspecified atom stereocenters. The van der Waals surface area contributed by atoms with Crippen molar-refractivity contribution in [3.05, 3.63) is 68.8 Å². The first-order valence-electron chi connectivity index (χ1n) is 9.03. The van der Waals surface area contributed by atoms with Gasteiger partial charge in [0.15, 0.2) is 0 Å². The zero-order valence-corrected chi connectivity index (χ0v) is 22.4. The highest BCUT2D eigenvalue weighted by Gasteiger charge is 2.17. The molecule has 16 heteroatoms. The van der Waals surface area contributed by atoms with E-state index in [-0.39, 0.29) is 56.8 Å². The summed E-state index contributed by atoms with van der Waals surface area (Å²) in [5.74, 6) is -0.403. The molecule has 0 aromatic heterocycles. The standard InChI is InChI=1S/C18H20N6O6S2.2BrH/c19-15(17(25)21-11-1-5-13(6-2-11)23(27)28)9-31-32-10-16(20)18(26)22-12-3-7-14(8-4-12)24(29)30;;/h1-8,15-16H,9-10,19-20H2,(H,21,25)(H,22,26);2*1H/t15-,16?;;/m0../s1. The predicted molar refractivity (Wildman–Crippen MR) is 145 cm³/mol. The van der Waals surface area contributed by atoms with E-state index in [0.717, 1.165) is 0 Å². The highest BCUT2D eigenvalue weighted by molar-refractivity contribution is 8.93. The maximum Gasteiger partial charge on any atom is 0.269 e. The van der Waals surface area contributed by atoms with Gasteiger partial charge in [0.05, 0.1) is 21.9 Å². The van der Waals surface area contributed by atoms with Gasteiger partial charge in [-0.15, -0.1) is 34.0 Å². The number of nitrogens with zero attached hydrogens (tertiary/aromatic N) is 2. The number of nitrogens with two attached hydrogens (primary N) is 2. The largest absolute Gasteiger partial charge is 0.325 e. The molecule has 2 amide bonds. The van der Waals surface area contributed by atoms with E-state index in [4.69, 9.17) is 11.5 Å². The third-order valence-electron chi connectivity index (χ3n) is 3.94. The number of anilines is 2. The smallest absolute Gasteiger partial charge is 0.269 e. The maximum atomic E-state index is 12.1. The molecule has 0 spiro atoms. The van der Waals surface area contributed by atoms with E-state index in [0.29, 0.717) is 11.4 Å². The minimum atomic E-state index is -0.840. The van der Waals surface area contributed by atoms with E-state index in [2.05, 4.69) is 10.6 Å². The Kier molecular flexibility index (Phi) is 14.6. The molecular formula is C18H22Br2N6O6S2. The molecule has 0 saturated heterocycles. The topological polar surface area (TPSA) is 197 Å². The summed E-state index contributed by atoms with van der Waals surface area (Å²) in [5.41, 5.74) is 12.3. The first kappa shape index (κ1) is 31.8. The quantitative estimate of drug-likeness (QED) is 0.122. The fraction of sp³-hybridized carbons (Fsp3) is 0.222. The molecule has 2 aromatic carbocycles. The highest BCUT2D eigenvalue weighted by Crippen LogP contribution is 2.23. The molecule has 0 fully saturated rings. The molecule has 0 aliphatic carbocycles. The number of halogens is 2. The molecule has 0 bridgehead atoms. The molecule has 186 valence electrons. The number of non-ortho nitro benzene ring substituents is 2. The van der Waals surface area contributed by atoms with Gasteiger partial charge in [-0.25, -0.2) is 0 Å². The number of nitrogens with one attached hydrogen (secondary N) is 2. The van der Waals surface area contributed by atoms with E-state index >= 15 is 0 Å². The number of amides is 2. The lowest BCUT2D eigenvalue weighted by atomic mass is 10.2. The molecule has 0 aliphatic rings. The number of nitro groups is 2. The second kappa shape index (κ2) is 15.6. The van der Waals surface area contributed by atoms with Gasteiger partial charge in [-0.1, -0.05) is 21.6 Å². The van der Waals surface area contributed by atoms with Crippen molar-refractivity contribution in [1.29, 1.82) is 0 Å². The van der Waals surface area contributed by atoms with Crippen LogP contribution in [0.15, 0.2) is 48.5 Å². The van der Waals surface area contributed by atoms with Gasteiger partial charge in [0.1, 0.15) is 0 Å². The summed E-state index contributed by atoms with van der Waals surface area (Å²) < 4.78 is 0. The van der Waals surface area contributed by atoms with Gasteiger partial charge in [-0.3, -0.25) is 29.8 Å². The summed E-state index contributed by atoms with van der Waals surface area (Å²) in [6.45, 7) is 0. The van der Waals surface area contributed by atoms with E-state index in [1.54, 1.807) is 0 Å². The Morgan fingerprint density at radius 2 is 1.03 bits per heavy atom. The molecule has 0 aliphatic heterocycles. The van der Waals surface area contributed by atoms with Crippen molar-refractivity contribution in [2.24, 2.45) is 11.5 Å². The number of carbonyl (C=O) groups excluding carboxylic acids is 2. The van der Waals surface area contributed by atoms with Crippen LogP contribution in [0.4, 0.5) is 22.7 Å². The normalized spacial score (nSPS) is 11.7. The lowest BCUT2D eigenvalue weighted by Crippen LogP contribution is -2.38. The number of hydrogen-bond acceptors (Lipinski definition) is 10. The number of nitro benzene ring substituents is 2. The molecular weight excluding hydrogens is 620 g/mol. The van der Waals surface area contributed by atoms with Gasteiger partial charge in [0.2, 0.25) is 11.8 Å². The van der Waals surface area contributed by atoms with Gasteiger partial charge in [-0.2, -0.15) is 0 Å². The molecule has 2 atom stereocenters. The molecule has 34 heavy (non-hydrogen) atoms. The van der Waals surface area contributed by atoms with E-state index < -0.39 is 33.7 Å². The van der Waals surface area contributed by atoms with Gasteiger partial charge < -0.3 is 22.1 Å². The van der Waals surface area contributed by atoms with Crippen LogP contribution in [-0.2, 0) is 9.59 Å². The minimum Gasteiger partial charge on any atom is -0.325 e. The van der Waals surface area contributed by atoms with Crippen molar-refractivity contribution < 1.29 is 19.4 Å². The Morgan fingerprint density at radius 1 is 0.735 bits per heavy atom. The summed E-state index contributed by atoms with van der Waals surface area (Å²) in [6.07, 6.45) is 0. The van der Waals surface area contributed by atoms with Crippen LogP contribution in [0.25, 0.3) is 0 Å². The Morgan fingerprint density at radius 3 is 1.29 bits per heavy atom. The zero-order chi connectivity index (χ0) is 23.7. The molecule has 0 heterocycles. The summed E-state index contributed by atoms with van der Waals surface area (Å²) in [5, 5.41) is 26.4. The molecule has 6 N–H and O–H groups in total. The second-order valence-electron chi connectivity index (χ2n) is 6.37. The van der Waals surface area contributed by atoms with Crippen molar-refractivity contribution in [3.63, 3.8) is 0 Å². The summed E-state index contributed by atoms with van der Waals surface area (Å²) >= 11 is 0. The third kappa shape index (κ3) is 10.4. The fourth-order valence-electron chi connectivity index (χ4n) is 2.20. The van der Waals surface area contributed by atoms with Crippen LogP contribution in [-0.4, -0.2) is 45.3 Å². The summed E-state index contributed by atoms with van der Waals surface area (Å²) in [6, 6.07) is 9.05. The maximum absolute atomic E-state index is 12.1. The van der Waals surface area contributed by atoms with Gasteiger partial charge >= 0.3 is 0 Å². The molecule has 0 saturated carbocycles. The Labute approximate surface area is 223 Å². The lowest BCUT2D eigenvalue weighted by Gasteiger charge is -2.13. The van der Waals surface area contributed by atoms with Crippen LogP contribution in [0, 0.1) is 20.2 Å². The molecule has 0 radical (unpaired) electrons. The van der Waals surface area contributed by atoms with Crippen LogP contribution in [0.3, 0.4) is 0 Å². The van der Waals surface area contributed by atoms with Crippen LogP contribution in [0.1, 0.15) is 0 Å². The lowest BCUT2D eigenvalue weighted by molar-refractivity contribution is -0.385. The Hall–Kier alpha value is -2.24. The Bertz CT molecular complexity index is 904.